The first-order chi connectivity index (χ1) is 7.71. The molecule has 6 heteroatoms. The summed E-state index contributed by atoms with van der Waals surface area (Å²) in [5.41, 5.74) is -0.00914. The molecule has 1 amide bonds. The Morgan fingerprint density at radius 1 is 1.50 bits per heavy atom. The van der Waals surface area contributed by atoms with Crippen LogP contribution in [0.1, 0.15) is 12.8 Å². The van der Waals surface area contributed by atoms with Crippen LogP contribution < -0.4 is 5.32 Å². The number of hydrogen-bond acceptors (Lipinski definition) is 3. The highest BCUT2D eigenvalue weighted by molar-refractivity contribution is 5.65. The molecular weight excluding hydrogens is 208 g/mol. The number of anilines is 1. The molecule has 1 aromatic heterocycles. The fourth-order valence-corrected chi connectivity index (χ4v) is 2.65. The molecule has 0 atom stereocenters. The number of carbonyl (C=O) groups is 1. The molecule has 1 fully saturated rings. The van der Waals surface area contributed by atoms with Crippen LogP contribution in [-0.2, 0) is 5.54 Å². The quantitative estimate of drug-likeness (QED) is 0.680. The van der Waals surface area contributed by atoms with Gasteiger partial charge in [-0.2, -0.15) is 5.10 Å². The first-order valence-electron chi connectivity index (χ1n) is 5.48. The zero-order valence-corrected chi connectivity index (χ0v) is 8.89. The lowest BCUT2D eigenvalue weighted by Gasteiger charge is -2.37. The summed E-state index contributed by atoms with van der Waals surface area (Å²) in [6, 6.07) is 1.96. The van der Waals surface area contributed by atoms with Gasteiger partial charge in [0.15, 0.2) is 0 Å². The Morgan fingerprint density at radius 2 is 2.25 bits per heavy atom. The number of piperidine rings is 1. The van der Waals surface area contributed by atoms with Gasteiger partial charge in [0.25, 0.3) is 0 Å². The van der Waals surface area contributed by atoms with Gasteiger partial charge < -0.3 is 15.3 Å². The Hall–Kier alpha value is -1.72. The van der Waals surface area contributed by atoms with Gasteiger partial charge in [0.2, 0.25) is 0 Å². The fraction of sp³-hybridized carbons (Fsp3) is 0.600. The predicted molar refractivity (Wildman–Crippen MR) is 57.5 cm³/mol. The number of nitrogens with zero attached hydrogens (tertiary/aromatic N) is 3. The van der Waals surface area contributed by atoms with E-state index < -0.39 is 6.09 Å². The maximum absolute atomic E-state index is 10.8. The van der Waals surface area contributed by atoms with E-state index in [0.717, 1.165) is 25.2 Å². The van der Waals surface area contributed by atoms with Crippen molar-refractivity contribution in [3.8, 4) is 0 Å². The molecule has 1 saturated heterocycles. The molecule has 0 bridgehead atoms. The minimum absolute atomic E-state index is 0.00914. The Morgan fingerprint density at radius 3 is 2.94 bits per heavy atom. The molecule has 0 saturated carbocycles. The minimum Gasteiger partial charge on any atom is -0.465 e. The van der Waals surface area contributed by atoms with Gasteiger partial charge in [-0.05, 0) is 12.8 Å². The molecule has 6 nitrogen and oxygen atoms in total. The summed E-state index contributed by atoms with van der Waals surface area (Å²) < 4.78 is 2.02. The Bertz CT molecular complexity index is 420. The number of likely N-dealkylation sites (tertiary alicyclic amines) is 1. The van der Waals surface area contributed by atoms with Gasteiger partial charge in [-0.15, -0.1) is 0 Å². The van der Waals surface area contributed by atoms with Crippen LogP contribution in [0.2, 0.25) is 0 Å². The molecule has 0 aromatic carbocycles. The van der Waals surface area contributed by atoms with E-state index in [1.165, 1.54) is 4.90 Å². The van der Waals surface area contributed by atoms with Crippen LogP contribution >= 0.6 is 0 Å². The summed E-state index contributed by atoms with van der Waals surface area (Å²) in [5, 5.41) is 16.6. The van der Waals surface area contributed by atoms with E-state index in [9.17, 15) is 4.79 Å². The molecule has 2 N–H and O–H groups in total. The SMILES string of the molecule is O=C(O)N1CCC2(CC1)CNc1ccnn12. The number of amides is 1. The number of carboxylic acid groups (broad SMARTS) is 1. The van der Waals surface area contributed by atoms with Crippen molar-refractivity contribution >= 4 is 11.9 Å². The Labute approximate surface area is 92.8 Å². The van der Waals surface area contributed by atoms with Crippen LogP contribution in [0, 0.1) is 0 Å². The summed E-state index contributed by atoms with van der Waals surface area (Å²) in [4.78, 5) is 12.3. The van der Waals surface area contributed by atoms with Crippen molar-refractivity contribution in [3.05, 3.63) is 12.3 Å². The summed E-state index contributed by atoms with van der Waals surface area (Å²) >= 11 is 0. The first-order valence-corrected chi connectivity index (χ1v) is 5.48. The maximum Gasteiger partial charge on any atom is 0.407 e. The van der Waals surface area contributed by atoms with Gasteiger partial charge in [0.1, 0.15) is 5.82 Å². The molecule has 86 valence electrons. The normalized spacial score (nSPS) is 21.9. The molecule has 3 heterocycles. The number of rotatable bonds is 0. The fourth-order valence-electron chi connectivity index (χ4n) is 2.65. The molecule has 0 radical (unpaired) electrons. The molecule has 0 aliphatic carbocycles. The van der Waals surface area contributed by atoms with E-state index in [4.69, 9.17) is 5.11 Å². The van der Waals surface area contributed by atoms with Crippen LogP contribution in [0.5, 0.6) is 0 Å². The predicted octanol–water partition coefficient (Wildman–Crippen LogP) is 0.778. The van der Waals surface area contributed by atoms with Gasteiger partial charge in [-0.25, -0.2) is 9.48 Å². The van der Waals surface area contributed by atoms with Crippen molar-refractivity contribution in [1.82, 2.24) is 14.7 Å². The standard InChI is InChI=1S/C10H14N4O2/c15-9(16)13-5-2-10(3-6-13)7-11-8-1-4-12-14(8)10/h1,4,11H,2-3,5-7H2,(H,15,16). The molecule has 1 aromatic rings. The minimum atomic E-state index is -0.818. The van der Waals surface area contributed by atoms with Gasteiger partial charge in [0, 0.05) is 25.7 Å². The highest BCUT2D eigenvalue weighted by Gasteiger charge is 2.42. The Balaban J connectivity index is 1.81. The second-order valence-electron chi connectivity index (χ2n) is 4.48. The van der Waals surface area contributed by atoms with Crippen molar-refractivity contribution in [1.29, 1.82) is 0 Å². The number of hydrogen-bond donors (Lipinski definition) is 2. The zero-order chi connectivity index (χ0) is 11.2. The van der Waals surface area contributed by atoms with Gasteiger partial charge in [0.05, 0.1) is 11.7 Å². The lowest BCUT2D eigenvalue weighted by atomic mass is 9.88. The molecule has 2 aliphatic heterocycles. The third-order valence-corrected chi connectivity index (χ3v) is 3.66. The molecule has 2 aliphatic rings. The molecule has 16 heavy (non-hydrogen) atoms. The molecule has 3 rings (SSSR count). The lowest BCUT2D eigenvalue weighted by molar-refractivity contribution is 0.0987. The van der Waals surface area contributed by atoms with E-state index in [0.29, 0.717) is 13.1 Å². The summed E-state index contributed by atoms with van der Waals surface area (Å²) in [6.45, 7) is 2.05. The Kier molecular flexibility index (Phi) is 1.86. The smallest absolute Gasteiger partial charge is 0.407 e. The number of nitrogens with one attached hydrogen (secondary N) is 1. The van der Waals surface area contributed by atoms with E-state index in [1.54, 1.807) is 6.20 Å². The average molecular weight is 222 g/mol. The second kappa shape index (κ2) is 3.13. The van der Waals surface area contributed by atoms with Crippen molar-refractivity contribution in [3.63, 3.8) is 0 Å². The third-order valence-electron chi connectivity index (χ3n) is 3.66. The summed E-state index contributed by atoms with van der Waals surface area (Å²) in [6.07, 6.45) is 2.64. The second-order valence-corrected chi connectivity index (χ2v) is 4.48. The summed E-state index contributed by atoms with van der Waals surface area (Å²) in [5.74, 6) is 1.05. The van der Waals surface area contributed by atoms with E-state index in [-0.39, 0.29) is 5.54 Å². The maximum atomic E-state index is 10.8. The van der Waals surface area contributed by atoms with Crippen LogP contribution in [0.3, 0.4) is 0 Å². The number of fused-ring (bicyclic) bond motifs is 2. The topological polar surface area (TPSA) is 70.4 Å². The van der Waals surface area contributed by atoms with Crippen LogP contribution in [0.25, 0.3) is 0 Å². The highest BCUT2D eigenvalue weighted by atomic mass is 16.4. The van der Waals surface area contributed by atoms with Crippen molar-refractivity contribution < 1.29 is 9.90 Å². The highest BCUT2D eigenvalue weighted by Crippen LogP contribution is 2.36. The lowest BCUT2D eigenvalue weighted by Crippen LogP contribution is -2.48. The molecule has 0 unspecified atom stereocenters. The van der Waals surface area contributed by atoms with E-state index >= 15 is 0 Å². The number of aromatic nitrogens is 2. The van der Waals surface area contributed by atoms with Gasteiger partial charge in [-0.3, -0.25) is 0 Å². The summed E-state index contributed by atoms with van der Waals surface area (Å²) in [7, 11) is 0. The van der Waals surface area contributed by atoms with Crippen molar-refractivity contribution in [2.45, 2.75) is 18.4 Å². The largest absolute Gasteiger partial charge is 0.465 e. The molecule has 1 spiro atoms. The van der Waals surface area contributed by atoms with Gasteiger partial charge >= 0.3 is 6.09 Å². The van der Waals surface area contributed by atoms with Crippen molar-refractivity contribution in [2.75, 3.05) is 25.0 Å². The van der Waals surface area contributed by atoms with Crippen LogP contribution in [0.4, 0.5) is 10.6 Å². The zero-order valence-electron chi connectivity index (χ0n) is 8.89. The molecular formula is C10H14N4O2. The monoisotopic (exact) mass is 222 g/mol. The first kappa shape index (κ1) is 9.50. The van der Waals surface area contributed by atoms with Crippen LogP contribution in [0.15, 0.2) is 12.3 Å². The van der Waals surface area contributed by atoms with E-state index in [1.807, 2.05) is 10.7 Å². The van der Waals surface area contributed by atoms with E-state index in [2.05, 4.69) is 10.4 Å². The average Bonchev–Trinajstić information content (AvgIpc) is 2.85. The third kappa shape index (κ3) is 1.19. The van der Waals surface area contributed by atoms with Gasteiger partial charge in [-0.1, -0.05) is 0 Å². The van der Waals surface area contributed by atoms with Crippen molar-refractivity contribution in [2.24, 2.45) is 0 Å². The van der Waals surface area contributed by atoms with Crippen LogP contribution in [-0.4, -0.2) is 45.5 Å².